The highest BCUT2D eigenvalue weighted by Gasteiger charge is 2.33. The highest BCUT2D eigenvalue weighted by Crippen LogP contribution is 2.32. The third kappa shape index (κ3) is 5.36. The van der Waals surface area contributed by atoms with Gasteiger partial charge >= 0.3 is 0 Å². The van der Waals surface area contributed by atoms with Gasteiger partial charge in [0.1, 0.15) is 22.4 Å². The van der Waals surface area contributed by atoms with Crippen molar-refractivity contribution >= 4 is 51.9 Å². The smallest absolute Gasteiger partial charge is 0.266 e. The van der Waals surface area contributed by atoms with Gasteiger partial charge in [-0.1, -0.05) is 36.1 Å². The van der Waals surface area contributed by atoms with Crippen LogP contribution in [0, 0.1) is 0 Å². The molecule has 29 heavy (non-hydrogen) atoms. The number of benzene rings is 2. The van der Waals surface area contributed by atoms with Gasteiger partial charge in [0.15, 0.2) is 0 Å². The molecule has 2 amide bonds. The zero-order chi connectivity index (χ0) is 20.8. The molecule has 0 spiro atoms. The molecular weight excluding hydrogens is 408 g/mol. The summed E-state index contributed by atoms with van der Waals surface area (Å²) >= 11 is 6.47. The van der Waals surface area contributed by atoms with Crippen LogP contribution in [0.25, 0.3) is 6.08 Å². The first-order chi connectivity index (χ1) is 14.0. The van der Waals surface area contributed by atoms with Crippen LogP contribution in [-0.2, 0) is 9.59 Å². The van der Waals surface area contributed by atoms with Gasteiger partial charge in [-0.3, -0.25) is 14.5 Å². The van der Waals surface area contributed by atoms with E-state index in [4.69, 9.17) is 21.7 Å². The summed E-state index contributed by atoms with van der Waals surface area (Å²) in [4.78, 5) is 26.8. The predicted octanol–water partition coefficient (Wildman–Crippen LogP) is 3.93. The molecule has 1 heterocycles. The Balaban J connectivity index is 1.63. The standard InChI is InChI=1S/C21H20N2O4S2/c1-3-27-17-10-6-15(7-11-17)22-19(24)13-23-20(25)18(29-21(23)28)12-14-4-8-16(26-2)9-5-14/h4-12H,3,13H2,1-2H3,(H,22,24)/b18-12-. The van der Waals surface area contributed by atoms with Gasteiger partial charge in [0.25, 0.3) is 5.91 Å². The van der Waals surface area contributed by atoms with E-state index in [9.17, 15) is 9.59 Å². The summed E-state index contributed by atoms with van der Waals surface area (Å²) in [6.07, 6.45) is 1.75. The summed E-state index contributed by atoms with van der Waals surface area (Å²) in [6, 6.07) is 14.4. The predicted molar refractivity (Wildman–Crippen MR) is 119 cm³/mol. The lowest BCUT2D eigenvalue weighted by Gasteiger charge is -2.14. The fourth-order valence-corrected chi connectivity index (χ4v) is 3.89. The number of thiocarbonyl (C=S) groups is 1. The van der Waals surface area contributed by atoms with Crippen molar-refractivity contribution in [3.05, 3.63) is 59.0 Å². The minimum Gasteiger partial charge on any atom is -0.497 e. The van der Waals surface area contributed by atoms with E-state index in [1.807, 2.05) is 31.2 Å². The molecule has 0 bridgehead atoms. The lowest BCUT2D eigenvalue weighted by molar-refractivity contribution is -0.126. The van der Waals surface area contributed by atoms with Gasteiger partial charge in [-0.15, -0.1) is 0 Å². The lowest BCUT2D eigenvalue weighted by Crippen LogP contribution is -2.36. The topological polar surface area (TPSA) is 67.9 Å². The molecule has 0 aliphatic carbocycles. The number of ether oxygens (including phenoxy) is 2. The number of nitrogens with one attached hydrogen (secondary N) is 1. The van der Waals surface area contributed by atoms with Crippen LogP contribution in [0.3, 0.4) is 0 Å². The number of hydrogen-bond acceptors (Lipinski definition) is 6. The Labute approximate surface area is 178 Å². The highest BCUT2D eigenvalue weighted by atomic mass is 32.2. The van der Waals surface area contributed by atoms with Crippen molar-refractivity contribution in [2.24, 2.45) is 0 Å². The molecule has 150 valence electrons. The Morgan fingerprint density at radius 3 is 2.41 bits per heavy atom. The second kappa shape index (κ2) is 9.58. The molecule has 1 N–H and O–H groups in total. The molecule has 6 nitrogen and oxygen atoms in total. The molecule has 2 aromatic rings. The Morgan fingerprint density at radius 2 is 1.79 bits per heavy atom. The Kier molecular flexibility index (Phi) is 6.90. The molecule has 8 heteroatoms. The Bertz CT molecular complexity index is 940. The number of nitrogens with zero attached hydrogens (tertiary/aromatic N) is 1. The number of amides is 2. The largest absolute Gasteiger partial charge is 0.497 e. The summed E-state index contributed by atoms with van der Waals surface area (Å²) in [6.45, 7) is 2.34. The lowest BCUT2D eigenvalue weighted by atomic mass is 10.2. The average Bonchev–Trinajstić information content (AvgIpc) is 2.97. The molecule has 0 saturated carbocycles. The third-order valence-electron chi connectivity index (χ3n) is 4.04. The van der Waals surface area contributed by atoms with Gasteiger partial charge in [-0.2, -0.15) is 0 Å². The van der Waals surface area contributed by atoms with Crippen LogP contribution in [0.4, 0.5) is 5.69 Å². The third-order valence-corrected chi connectivity index (χ3v) is 5.42. The number of methoxy groups -OCH3 is 1. The maximum atomic E-state index is 12.7. The van der Waals surface area contributed by atoms with Crippen molar-refractivity contribution in [3.8, 4) is 11.5 Å². The normalized spacial score (nSPS) is 15.0. The molecule has 0 aromatic heterocycles. The molecule has 1 saturated heterocycles. The van der Waals surface area contributed by atoms with Crippen molar-refractivity contribution in [3.63, 3.8) is 0 Å². The fraction of sp³-hybridized carbons (Fsp3) is 0.190. The van der Waals surface area contributed by atoms with Crippen molar-refractivity contribution in [1.29, 1.82) is 0 Å². The summed E-state index contributed by atoms with van der Waals surface area (Å²) < 4.78 is 10.9. The van der Waals surface area contributed by atoms with E-state index in [-0.39, 0.29) is 18.4 Å². The molecule has 1 aliphatic rings. The number of carbonyl (C=O) groups excluding carboxylic acids is 2. The van der Waals surface area contributed by atoms with E-state index in [0.29, 0.717) is 21.5 Å². The highest BCUT2D eigenvalue weighted by molar-refractivity contribution is 8.26. The van der Waals surface area contributed by atoms with Gasteiger partial charge in [0.2, 0.25) is 5.91 Å². The Morgan fingerprint density at radius 1 is 1.14 bits per heavy atom. The number of thioether (sulfide) groups is 1. The number of carbonyl (C=O) groups is 2. The molecule has 1 aliphatic heterocycles. The zero-order valence-corrected chi connectivity index (χ0v) is 17.6. The summed E-state index contributed by atoms with van der Waals surface area (Å²) in [5, 5.41) is 2.77. The van der Waals surface area contributed by atoms with Crippen molar-refractivity contribution < 1.29 is 19.1 Å². The van der Waals surface area contributed by atoms with Gasteiger partial charge in [-0.05, 0) is 55.0 Å². The molecular formula is C21H20N2O4S2. The van der Waals surface area contributed by atoms with Crippen LogP contribution in [0.1, 0.15) is 12.5 Å². The monoisotopic (exact) mass is 428 g/mol. The minimum atomic E-state index is -0.323. The average molecular weight is 429 g/mol. The number of hydrogen-bond donors (Lipinski definition) is 1. The summed E-state index contributed by atoms with van der Waals surface area (Å²) in [5.74, 6) is 0.862. The summed E-state index contributed by atoms with van der Waals surface area (Å²) in [5.41, 5.74) is 1.47. The first-order valence-electron chi connectivity index (χ1n) is 8.92. The molecule has 0 radical (unpaired) electrons. The Hall–Kier alpha value is -2.84. The number of rotatable bonds is 7. The zero-order valence-electron chi connectivity index (χ0n) is 16.0. The molecule has 2 aromatic carbocycles. The van der Waals surface area contributed by atoms with E-state index >= 15 is 0 Å². The van der Waals surface area contributed by atoms with Crippen LogP contribution in [0.15, 0.2) is 53.4 Å². The van der Waals surface area contributed by atoms with Crippen molar-refractivity contribution in [1.82, 2.24) is 4.90 Å². The van der Waals surface area contributed by atoms with Gasteiger partial charge in [-0.25, -0.2) is 0 Å². The van der Waals surface area contributed by atoms with E-state index in [1.54, 1.807) is 37.5 Å². The van der Waals surface area contributed by atoms with E-state index in [2.05, 4.69) is 5.32 Å². The molecule has 0 atom stereocenters. The number of anilines is 1. The van der Waals surface area contributed by atoms with Crippen LogP contribution < -0.4 is 14.8 Å². The van der Waals surface area contributed by atoms with E-state index in [0.717, 1.165) is 17.1 Å². The molecule has 1 fully saturated rings. The van der Waals surface area contributed by atoms with Gasteiger partial charge < -0.3 is 14.8 Å². The maximum absolute atomic E-state index is 12.7. The first-order valence-corrected chi connectivity index (χ1v) is 10.1. The molecule has 0 unspecified atom stereocenters. The van der Waals surface area contributed by atoms with Gasteiger partial charge in [0, 0.05) is 5.69 Å². The fourth-order valence-electron chi connectivity index (χ4n) is 2.63. The van der Waals surface area contributed by atoms with Crippen molar-refractivity contribution in [2.45, 2.75) is 6.92 Å². The van der Waals surface area contributed by atoms with E-state index < -0.39 is 0 Å². The summed E-state index contributed by atoms with van der Waals surface area (Å²) in [7, 11) is 1.60. The second-order valence-corrected chi connectivity index (χ2v) is 7.72. The minimum absolute atomic E-state index is 0.141. The maximum Gasteiger partial charge on any atom is 0.266 e. The van der Waals surface area contributed by atoms with Crippen LogP contribution in [0.2, 0.25) is 0 Å². The van der Waals surface area contributed by atoms with Crippen LogP contribution in [-0.4, -0.2) is 41.3 Å². The SMILES string of the molecule is CCOc1ccc(NC(=O)CN2C(=O)/C(=C/c3ccc(OC)cc3)SC2=S)cc1. The first kappa shape index (κ1) is 20.9. The van der Waals surface area contributed by atoms with Crippen molar-refractivity contribution in [2.75, 3.05) is 25.6 Å². The van der Waals surface area contributed by atoms with Gasteiger partial charge in [0.05, 0.1) is 18.6 Å². The van der Waals surface area contributed by atoms with Crippen LogP contribution >= 0.6 is 24.0 Å². The molecule has 3 rings (SSSR count). The van der Waals surface area contributed by atoms with Crippen LogP contribution in [0.5, 0.6) is 11.5 Å². The quantitative estimate of drug-likeness (QED) is 0.532. The van der Waals surface area contributed by atoms with E-state index in [1.165, 1.54) is 16.7 Å². The second-order valence-electron chi connectivity index (χ2n) is 6.05.